The highest BCUT2D eigenvalue weighted by Crippen LogP contribution is 2.31. The zero-order valence-electron chi connectivity index (χ0n) is 14.6. The van der Waals surface area contributed by atoms with E-state index in [-0.39, 0.29) is 24.2 Å². The van der Waals surface area contributed by atoms with Crippen molar-refractivity contribution < 1.29 is 14.7 Å². The minimum absolute atomic E-state index is 0.0238. The first-order valence-electron chi connectivity index (χ1n) is 8.85. The topological polar surface area (TPSA) is 78.4 Å². The summed E-state index contributed by atoms with van der Waals surface area (Å²) in [6.07, 6.45) is 3.44. The molecule has 132 valence electrons. The zero-order chi connectivity index (χ0) is 17.6. The van der Waals surface area contributed by atoms with Gasteiger partial charge in [-0.25, -0.2) is 0 Å². The lowest BCUT2D eigenvalue weighted by Gasteiger charge is -2.28. The maximum atomic E-state index is 12.3. The molecule has 0 saturated carbocycles. The van der Waals surface area contributed by atoms with Crippen molar-refractivity contribution in [2.24, 2.45) is 0 Å². The molecule has 0 spiro atoms. The predicted molar refractivity (Wildman–Crippen MR) is 94.8 cm³/mol. The second-order valence-electron chi connectivity index (χ2n) is 6.74. The normalized spacial score (nSPS) is 17.1. The number of para-hydroxylation sites is 1. The van der Waals surface area contributed by atoms with Crippen LogP contribution in [0.4, 0.5) is 5.69 Å². The molecule has 1 atom stereocenters. The predicted octanol–water partition coefficient (Wildman–Crippen LogP) is 2.95. The average molecular weight is 332 g/mol. The second kappa shape index (κ2) is 8.29. The van der Waals surface area contributed by atoms with E-state index in [0.717, 1.165) is 24.1 Å². The molecule has 3 N–H and O–H groups in total. The number of hydrogen-bond donors (Lipinski definition) is 3. The average Bonchev–Trinajstić information content (AvgIpc) is 2.52. The first-order chi connectivity index (χ1) is 11.5. The van der Waals surface area contributed by atoms with Crippen molar-refractivity contribution in [3.8, 4) is 0 Å². The van der Waals surface area contributed by atoms with Crippen LogP contribution in [0.15, 0.2) is 24.3 Å². The van der Waals surface area contributed by atoms with E-state index in [9.17, 15) is 14.7 Å². The molecular formula is C19H28N2O3. The van der Waals surface area contributed by atoms with Gasteiger partial charge in [0.1, 0.15) is 0 Å². The molecule has 2 amide bonds. The van der Waals surface area contributed by atoms with Crippen molar-refractivity contribution in [2.45, 2.75) is 63.9 Å². The van der Waals surface area contributed by atoms with Crippen molar-refractivity contribution >= 4 is 17.5 Å². The van der Waals surface area contributed by atoms with Crippen molar-refractivity contribution in [1.82, 2.24) is 5.32 Å². The van der Waals surface area contributed by atoms with Gasteiger partial charge in [-0.1, -0.05) is 44.9 Å². The number of aliphatic hydroxyl groups is 1. The Hall–Kier alpha value is -1.88. The summed E-state index contributed by atoms with van der Waals surface area (Å²) in [5, 5.41) is 16.4. The number of fused-ring (bicyclic) bond motifs is 1. The molecule has 1 aromatic rings. The third kappa shape index (κ3) is 4.81. The van der Waals surface area contributed by atoms with Gasteiger partial charge in [0.15, 0.2) is 0 Å². The van der Waals surface area contributed by atoms with Gasteiger partial charge in [-0.15, -0.1) is 0 Å². The molecule has 5 heteroatoms. The van der Waals surface area contributed by atoms with E-state index in [1.807, 2.05) is 38.1 Å². The molecule has 0 radical (unpaired) electrons. The Balaban J connectivity index is 1.95. The number of benzene rings is 1. The number of carbonyl (C=O) groups is 2. The Kier molecular flexibility index (Phi) is 6.37. The van der Waals surface area contributed by atoms with E-state index in [4.69, 9.17) is 0 Å². The Labute approximate surface area is 143 Å². The monoisotopic (exact) mass is 332 g/mol. The Morgan fingerprint density at radius 3 is 2.62 bits per heavy atom. The minimum atomic E-state index is -0.921. The van der Waals surface area contributed by atoms with E-state index in [2.05, 4.69) is 10.6 Å². The quantitative estimate of drug-likeness (QED) is 0.685. The zero-order valence-corrected chi connectivity index (χ0v) is 14.6. The number of anilines is 1. The van der Waals surface area contributed by atoms with E-state index >= 15 is 0 Å². The number of nitrogens with one attached hydrogen (secondary N) is 2. The highest BCUT2D eigenvalue weighted by atomic mass is 16.3. The molecule has 24 heavy (non-hydrogen) atoms. The molecule has 0 fully saturated rings. The summed E-state index contributed by atoms with van der Waals surface area (Å²) in [6.45, 7) is 4.43. The summed E-state index contributed by atoms with van der Waals surface area (Å²) >= 11 is 0. The molecule has 0 bridgehead atoms. The van der Waals surface area contributed by atoms with Crippen LogP contribution < -0.4 is 10.6 Å². The lowest BCUT2D eigenvalue weighted by Crippen LogP contribution is -2.39. The van der Waals surface area contributed by atoms with Crippen molar-refractivity contribution in [3.63, 3.8) is 0 Å². The van der Waals surface area contributed by atoms with Gasteiger partial charge in [0.25, 0.3) is 0 Å². The third-order valence-corrected chi connectivity index (χ3v) is 4.57. The van der Waals surface area contributed by atoms with Gasteiger partial charge >= 0.3 is 0 Å². The van der Waals surface area contributed by atoms with Gasteiger partial charge in [-0.3, -0.25) is 9.59 Å². The fourth-order valence-electron chi connectivity index (χ4n) is 3.51. The number of hydrogen-bond acceptors (Lipinski definition) is 3. The summed E-state index contributed by atoms with van der Waals surface area (Å²) in [6, 6.07) is 7.68. The van der Waals surface area contributed by atoms with Crippen LogP contribution in [0.1, 0.15) is 63.9 Å². The standard InChI is InChI=1S/C19H28N2O3/c1-3-9-19(24,10-4-2)12-18(23)20-13-14-11-17(22)21-16-8-6-5-7-15(14)16/h5-8,14,24H,3-4,9-13H2,1-2H3,(H,20,23)(H,21,22). The molecule has 1 unspecified atom stereocenters. The summed E-state index contributed by atoms with van der Waals surface area (Å²) in [5.41, 5.74) is 0.950. The number of carbonyl (C=O) groups excluding carboxylic acids is 2. The first kappa shape index (κ1) is 18.5. The largest absolute Gasteiger partial charge is 0.389 e. The summed E-state index contributed by atoms with van der Waals surface area (Å²) in [4.78, 5) is 24.1. The van der Waals surface area contributed by atoms with E-state index in [1.54, 1.807) is 0 Å². The van der Waals surface area contributed by atoms with Crippen LogP contribution in [0.25, 0.3) is 0 Å². The van der Waals surface area contributed by atoms with Crippen LogP contribution in [0.5, 0.6) is 0 Å². The minimum Gasteiger partial charge on any atom is -0.389 e. The lowest BCUT2D eigenvalue weighted by atomic mass is 9.88. The van der Waals surface area contributed by atoms with Crippen LogP contribution in [0.3, 0.4) is 0 Å². The fraction of sp³-hybridized carbons (Fsp3) is 0.579. The molecule has 1 aliphatic heterocycles. The molecule has 1 aliphatic rings. The van der Waals surface area contributed by atoms with Crippen LogP contribution in [-0.2, 0) is 9.59 Å². The summed E-state index contributed by atoms with van der Waals surface area (Å²) in [7, 11) is 0. The fourth-order valence-corrected chi connectivity index (χ4v) is 3.51. The maximum absolute atomic E-state index is 12.3. The van der Waals surface area contributed by atoms with Gasteiger partial charge < -0.3 is 15.7 Å². The van der Waals surface area contributed by atoms with Crippen molar-refractivity contribution in [1.29, 1.82) is 0 Å². The Morgan fingerprint density at radius 1 is 1.29 bits per heavy atom. The van der Waals surface area contributed by atoms with Gasteiger partial charge in [0.2, 0.25) is 11.8 Å². The van der Waals surface area contributed by atoms with E-state index < -0.39 is 5.60 Å². The molecule has 1 heterocycles. The summed E-state index contributed by atoms with van der Waals surface area (Å²) < 4.78 is 0. The van der Waals surface area contributed by atoms with Gasteiger partial charge in [0.05, 0.1) is 12.0 Å². The lowest BCUT2D eigenvalue weighted by molar-refractivity contribution is -0.127. The first-order valence-corrected chi connectivity index (χ1v) is 8.85. The maximum Gasteiger partial charge on any atom is 0.225 e. The van der Waals surface area contributed by atoms with Gasteiger partial charge in [-0.05, 0) is 24.5 Å². The van der Waals surface area contributed by atoms with Crippen LogP contribution in [0.2, 0.25) is 0 Å². The summed E-state index contributed by atoms with van der Waals surface area (Å²) in [5.74, 6) is -0.200. The smallest absolute Gasteiger partial charge is 0.225 e. The van der Waals surface area contributed by atoms with Crippen molar-refractivity contribution in [2.75, 3.05) is 11.9 Å². The van der Waals surface area contributed by atoms with Crippen LogP contribution in [-0.4, -0.2) is 29.1 Å². The highest BCUT2D eigenvalue weighted by molar-refractivity contribution is 5.94. The van der Waals surface area contributed by atoms with Crippen molar-refractivity contribution in [3.05, 3.63) is 29.8 Å². The van der Waals surface area contributed by atoms with Crippen LogP contribution in [0, 0.1) is 0 Å². The molecular weight excluding hydrogens is 304 g/mol. The highest BCUT2D eigenvalue weighted by Gasteiger charge is 2.29. The molecule has 2 rings (SSSR count). The molecule has 0 saturated heterocycles. The van der Waals surface area contributed by atoms with Gasteiger partial charge in [-0.2, -0.15) is 0 Å². The third-order valence-electron chi connectivity index (χ3n) is 4.57. The molecule has 0 aromatic heterocycles. The molecule has 1 aromatic carbocycles. The Morgan fingerprint density at radius 2 is 1.96 bits per heavy atom. The van der Waals surface area contributed by atoms with Gasteiger partial charge in [0, 0.05) is 24.6 Å². The van der Waals surface area contributed by atoms with E-state index in [0.29, 0.717) is 25.8 Å². The Bertz CT molecular complexity index is 580. The number of amides is 2. The molecule has 5 nitrogen and oxygen atoms in total. The second-order valence-corrected chi connectivity index (χ2v) is 6.74. The molecule has 0 aliphatic carbocycles. The van der Waals surface area contributed by atoms with E-state index in [1.165, 1.54) is 0 Å². The SMILES string of the molecule is CCCC(O)(CCC)CC(=O)NCC1CC(=O)Nc2ccccc21. The number of rotatable bonds is 8. The van der Waals surface area contributed by atoms with Crippen LogP contribution >= 0.6 is 0 Å².